The minimum absolute atomic E-state index is 0.278. The lowest BCUT2D eigenvalue weighted by molar-refractivity contribution is -0.234. The Kier molecular flexibility index (Phi) is 4.82. The molecule has 1 heterocycles. The summed E-state index contributed by atoms with van der Waals surface area (Å²) in [5.74, 6) is -0.664. The second kappa shape index (κ2) is 7.01. The van der Waals surface area contributed by atoms with Gasteiger partial charge in [0.15, 0.2) is 0 Å². The minimum Gasteiger partial charge on any atom is -0.456 e. The van der Waals surface area contributed by atoms with Crippen molar-refractivity contribution in [2.24, 2.45) is 0 Å². The molecule has 1 spiro atoms. The number of esters is 1. The van der Waals surface area contributed by atoms with E-state index < -0.39 is 11.9 Å². The second-order valence-electron chi connectivity index (χ2n) is 6.15. The number of benzene rings is 1. The van der Waals surface area contributed by atoms with Crippen molar-refractivity contribution < 1.29 is 19.4 Å². The van der Waals surface area contributed by atoms with E-state index in [-0.39, 0.29) is 12.4 Å². The molecule has 1 aliphatic heterocycles. The van der Waals surface area contributed by atoms with Gasteiger partial charge >= 0.3 is 5.97 Å². The average molecular weight is 314 g/mol. The molecule has 2 aliphatic rings. The maximum absolute atomic E-state index is 11.8. The van der Waals surface area contributed by atoms with Crippen LogP contribution in [0.15, 0.2) is 48.2 Å². The quantitative estimate of drug-likeness (QED) is 0.863. The van der Waals surface area contributed by atoms with Crippen LogP contribution < -0.4 is 0 Å². The Morgan fingerprint density at radius 2 is 1.87 bits per heavy atom. The molecule has 0 unspecified atom stereocenters. The lowest BCUT2D eigenvalue weighted by Crippen LogP contribution is -2.42. The Labute approximate surface area is 136 Å². The monoisotopic (exact) mass is 314 g/mol. The van der Waals surface area contributed by atoms with Crippen molar-refractivity contribution in [1.29, 1.82) is 0 Å². The van der Waals surface area contributed by atoms with Crippen LogP contribution in [-0.4, -0.2) is 23.0 Å². The number of hydrogen-bond donors (Lipinski definition) is 1. The number of aliphatic hydroxyl groups is 1. The number of rotatable bonds is 4. The fourth-order valence-corrected chi connectivity index (χ4v) is 3.09. The largest absolute Gasteiger partial charge is 0.456 e. The van der Waals surface area contributed by atoms with E-state index in [1.165, 1.54) is 6.08 Å². The molecule has 0 amide bonds. The summed E-state index contributed by atoms with van der Waals surface area (Å²) in [6.45, 7) is 0. The van der Waals surface area contributed by atoms with E-state index in [0.29, 0.717) is 5.76 Å². The van der Waals surface area contributed by atoms with Crippen LogP contribution in [-0.2, 0) is 14.3 Å². The number of carbonyl (C=O) groups is 1. The zero-order valence-electron chi connectivity index (χ0n) is 13.1. The number of aliphatic hydroxyl groups excluding tert-OH is 1. The van der Waals surface area contributed by atoms with Crippen LogP contribution in [0.4, 0.5) is 0 Å². The predicted molar refractivity (Wildman–Crippen MR) is 87.2 cm³/mol. The van der Waals surface area contributed by atoms with E-state index in [0.717, 1.165) is 37.7 Å². The Balaban J connectivity index is 1.62. The number of ether oxygens (including phenoxy) is 2. The molecule has 0 bridgehead atoms. The molecule has 3 rings (SSSR count). The van der Waals surface area contributed by atoms with Gasteiger partial charge in [-0.1, -0.05) is 48.9 Å². The van der Waals surface area contributed by atoms with Gasteiger partial charge in [0, 0.05) is 19.3 Å². The van der Waals surface area contributed by atoms with E-state index in [9.17, 15) is 9.90 Å². The Morgan fingerprint density at radius 1 is 1.13 bits per heavy atom. The topological polar surface area (TPSA) is 55.8 Å². The van der Waals surface area contributed by atoms with Crippen LogP contribution >= 0.6 is 0 Å². The predicted octanol–water partition coefficient (Wildman–Crippen LogP) is 3.57. The van der Waals surface area contributed by atoms with Crippen LogP contribution in [0.1, 0.15) is 44.1 Å². The first-order valence-corrected chi connectivity index (χ1v) is 8.19. The molecule has 122 valence electrons. The van der Waals surface area contributed by atoms with Gasteiger partial charge in [-0.2, -0.15) is 0 Å². The fourth-order valence-electron chi connectivity index (χ4n) is 3.09. The van der Waals surface area contributed by atoms with Gasteiger partial charge < -0.3 is 14.6 Å². The lowest BCUT2D eigenvalue weighted by atomic mass is 9.93. The van der Waals surface area contributed by atoms with Crippen molar-refractivity contribution in [2.75, 3.05) is 0 Å². The molecule has 23 heavy (non-hydrogen) atoms. The normalized spacial score (nSPS) is 21.6. The van der Waals surface area contributed by atoms with Gasteiger partial charge in [-0.3, -0.25) is 0 Å². The van der Waals surface area contributed by atoms with Gasteiger partial charge in [0.2, 0.25) is 0 Å². The lowest BCUT2D eigenvalue weighted by Gasteiger charge is -2.39. The van der Waals surface area contributed by atoms with Gasteiger partial charge in [-0.05, 0) is 18.4 Å². The summed E-state index contributed by atoms with van der Waals surface area (Å²) in [6, 6.07) is 9.77. The smallest absolute Gasteiger partial charge is 0.337 e. The molecular formula is C19H22O4. The fraction of sp³-hybridized carbons (Fsp3) is 0.421. The molecule has 4 nitrogen and oxygen atoms in total. The van der Waals surface area contributed by atoms with Crippen molar-refractivity contribution in [3.05, 3.63) is 53.8 Å². The maximum atomic E-state index is 11.8. The van der Waals surface area contributed by atoms with Crippen molar-refractivity contribution in [3.8, 4) is 0 Å². The highest BCUT2D eigenvalue weighted by atomic mass is 16.7. The molecule has 1 saturated carbocycles. The minimum atomic E-state index is -0.803. The SMILES string of the molecule is O=C1C=C(C[C@@H](O)/C=C/c2ccccc2)OC2(CCCCC2)O1. The van der Waals surface area contributed by atoms with E-state index in [1.54, 1.807) is 6.08 Å². The van der Waals surface area contributed by atoms with Crippen LogP contribution in [0, 0.1) is 0 Å². The van der Waals surface area contributed by atoms with E-state index in [4.69, 9.17) is 9.47 Å². The van der Waals surface area contributed by atoms with Gasteiger partial charge in [0.1, 0.15) is 5.76 Å². The highest BCUT2D eigenvalue weighted by Gasteiger charge is 2.41. The van der Waals surface area contributed by atoms with Gasteiger partial charge in [-0.15, -0.1) is 0 Å². The second-order valence-corrected chi connectivity index (χ2v) is 6.15. The third-order valence-corrected chi connectivity index (χ3v) is 4.22. The average Bonchev–Trinajstić information content (AvgIpc) is 2.54. The molecular weight excluding hydrogens is 292 g/mol. The summed E-state index contributed by atoms with van der Waals surface area (Å²) in [5.41, 5.74) is 1.02. The number of hydrogen-bond acceptors (Lipinski definition) is 4. The van der Waals surface area contributed by atoms with Crippen LogP contribution in [0.2, 0.25) is 0 Å². The summed E-state index contributed by atoms with van der Waals surface area (Å²) < 4.78 is 11.4. The zero-order chi connectivity index (χ0) is 16.1. The van der Waals surface area contributed by atoms with Gasteiger partial charge in [0.25, 0.3) is 5.79 Å². The molecule has 1 fully saturated rings. The van der Waals surface area contributed by atoms with Crippen molar-refractivity contribution >= 4 is 12.0 Å². The van der Waals surface area contributed by atoms with E-state index in [1.807, 2.05) is 36.4 Å². The summed E-state index contributed by atoms with van der Waals surface area (Å²) in [6.07, 6.45) is 9.10. The van der Waals surface area contributed by atoms with Crippen LogP contribution in [0.5, 0.6) is 0 Å². The molecule has 1 atom stereocenters. The molecule has 1 aromatic rings. The highest BCUT2D eigenvalue weighted by molar-refractivity contribution is 5.83. The third kappa shape index (κ3) is 4.23. The third-order valence-electron chi connectivity index (χ3n) is 4.22. The maximum Gasteiger partial charge on any atom is 0.337 e. The van der Waals surface area contributed by atoms with Crippen molar-refractivity contribution in [3.63, 3.8) is 0 Å². The first-order chi connectivity index (χ1) is 11.2. The standard InChI is InChI=1S/C19H22O4/c20-16(10-9-15-7-3-1-4-8-15)13-17-14-18(21)23-19(22-17)11-5-2-6-12-19/h1,3-4,7-10,14,16,20H,2,5-6,11-13H2/b10-9+/t16-/m0/s1. The Bertz CT molecular complexity index is 597. The summed E-state index contributed by atoms with van der Waals surface area (Å²) in [4.78, 5) is 11.8. The van der Waals surface area contributed by atoms with E-state index in [2.05, 4.69) is 0 Å². The van der Waals surface area contributed by atoms with Crippen LogP contribution in [0.3, 0.4) is 0 Å². The molecule has 0 saturated heterocycles. The molecule has 0 aromatic heterocycles. The van der Waals surface area contributed by atoms with E-state index >= 15 is 0 Å². The summed E-state index contributed by atoms with van der Waals surface area (Å²) in [7, 11) is 0. The zero-order valence-corrected chi connectivity index (χ0v) is 13.1. The van der Waals surface area contributed by atoms with Crippen molar-refractivity contribution in [1.82, 2.24) is 0 Å². The molecule has 4 heteroatoms. The highest BCUT2D eigenvalue weighted by Crippen LogP contribution is 2.37. The Morgan fingerprint density at radius 3 is 2.61 bits per heavy atom. The molecule has 1 N–H and O–H groups in total. The molecule has 1 aromatic carbocycles. The Hall–Kier alpha value is -2.07. The molecule has 0 radical (unpaired) electrons. The van der Waals surface area contributed by atoms with Crippen LogP contribution in [0.25, 0.3) is 6.08 Å². The van der Waals surface area contributed by atoms with Gasteiger partial charge in [0.05, 0.1) is 12.2 Å². The van der Waals surface area contributed by atoms with Gasteiger partial charge in [-0.25, -0.2) is 4.79 Å². The first kappa shape index (κ1) is 15.8. The molecule has 1 aliphatic carbocycles. The first-order valence-electron chi connectivity index (χ1n) is 8.19. The number of carbonyl (C=O) groups excluding carboxylic acids is 1. The summed E-state index contributed by atoms with van der Waals surface area (Å²) in [5, 5.41) is 10.2. The summed E-state index contributed by atoms with van der Waals surface area (Å²) >= 11 is 0. The van der Waals surface area contributed by atoms with Crippen molar-refractivity contribution in [2.45, 2.75) is 50.4 Å².